The van der Waals surface area contributed by atoms with E-state index in [0.29, 0.717) is 6.54 Å². The Labute approximate surface area is 107 Å². The summed E-state index contributed by atoms with van der Waals surface area (Å²) in [6.45, 7) is 2.42. The van der Waals surface area contributed by atoms with Crippen molar-refractivity contribution in [2.75, 3.05) is 13.1 Å². The summed E-state index contributed by atoms with van der Waals surface area (Å²) in [5, 5.41) is 0. The Balaban J connectivity index is 2.45. The van der Waals surface area contributed by atoms with Gasteiger partial charge in [0.1, 0.15) is 10.7 Å². The fraction of sp³-hybridized carbons (Fsp3) is 0.500. The van der Waals surface area contributed by atoms with E-state index in [1.54, 1.807) is 13.0 Å². The van der Waals surface area contributed by atoms with E-state index in [1.807, 2.05) is 0 Å². The van der Waals surface area contributed by atoms with Crippen molar-refractivity contribution in [3.63, 3.8) is 0 Å². The highest BCUT2D eigenvalue weighted by Crippen LogP contribution is 2.27. The summed E-state index contributed by atoms with van der Waals surface area (Å²) in [6, 6.07) is 3.90. The second-order valence-electron chi connectivity index (χ2n) is 4.58. The number of benzene rings is 1. The molecule has 0 amide bonds. The summed E-state index contributed by atoms with van der Waals surface area (Å²) in [7, 11) is -3.77. The molecule has 1 atom stereocenters. The van der Waals surface area contributed by atoms with Crippen LogP contribution in [0.25, 0.3) is 0 Å². The first-order valence-electron chi connectivity index (χ1n) is 5.95. The summed E-state index contributed by atoms with van der Waals surface area (Å²) >= 11 is 0. The lowest BCUT2D eigenvalue weighted by Crippen LogP contribution is -2.40. The van der Waals surface area contributed by atoms with E-state index < -0.39 is 15.8 Å². The SMILES string of the molecule is Cc1ccc(F)c(S(=O)(=O)N2CCCC2CN)c1. The first-order valence-corrected chi connectivity index (χ1v) is 7.39. The van der Waals surface area contributed by atoms with Crippen LogP contribution in [0.5, 0.6) is 0 Å². The van der Waals surface area contributed by atoms with Crippen LogP contribution >= 0.6 is 0 Å². The van der Waals surface area contributed by atoms with Crippen molar-refractivity contribution in [1.82, 2.24) is 4.31 Å². The fourth-order valence-corrected chi connectivity index (χ4v) is 4.15. The van der Waals surface area contributed by atoms with Crippen LogP contribution < -0.4 is 5.73 Å². The summed E-state index contributed by atoms with van der Waals surface area (Å²) in [4.78, 5) is -0.247. The Bertz CT molecular complexity index is 545. The third-order valence-electron chi connectivity index (χ3n) is 3.27. The van der Waals surface area contributed by atoms with Crippen molar-refractivity contribution in [3.05, 3.63) is 29.6 Å². The normalized spacial score (nSPS) is 21.4. The Kier molecular flexibility index (Phi) is 3.70. The van der Waals surface area contributed by atoms with Gasteiger partial charge in [-0.1, -0.05) is 6.07 Å². The van der Waals surface area contributed by atoms with Crippen molar-refractivity contribution < 1.29 is 12.8 Å². The highest BCUT2D eigenvalue weighted by atomic mass is 32.2. The van der Waals surface area contributed by atoms with Crippen molar-refractivity contribution in [2.45, 2.75) is 30.7 Å². The van der Waals surface area contributed by atoms with Gasteiger partial charge in [-0.2, -0.15) is 4.31 Å². The van der Waals surface area contributed by atoms with Crippen LogP contribution in [0.1, 0.15) is 18.4 Å². The van der Waals surface area contributed by atoms with E-state index >= 15 is 0 Å². The lowest BCUT2D eigenvalue weighted by Gasteiger charge is -2.23. The van der Waals surface area contributed by atoms with Gasteiger partial charge in [0.05, 0.1) is 0 Å². The lowest BCUT2D eigenvalue weighted by molar-refractivity contribution is 0.390. The van der Waals surface area contributed by atoms with E-state index in [9.17, 15) is 12.8 Å². The molecule has 1 aromatic rings. The second-order valence-corrected chi connectivity index (χ2v) is 6.44. The zero-order valence-electron chi connectivity index (χ0n) is 10.3. The monoisotopic (exact) mass is 272 g/mol. The minimum Gasteiger partial charge on any atom is -0.329 e. The molecule has 0 radical (unpaired) electrons. The number of halogens is 1. The first-order chi connectivity index (χ1) is 8.46. The third kappa shape index (κ3) is 2.28. The van der Waals surface area contributed by atoms with Crippen LogP contribution in [0.15, 0.2) is 23.1 Å². The number of nitrogens with two attached hydrogens (primary N) is 1. The van der Waals surface area contributed by atoms with Crippen molar-refractivity contribution in [3.8, 4) is 0 Å². The van der Waals surface area contributed by atoms with E-state index in [2.05, 4.69) is 0 Å². The van der Waals surface area contributed by atoms with Crippen molar-refractivity contribution >= 4 is 10.0 Å². The van der Waals surface area contributed by atoms with Crippen LogP contribution in [-0.2, 0) is 10.0 Å². The van der Waals surface area contributed by atoms with Gasteiger partial charge in [0.2, 0.25) is 10.0 Å². The summed E-state index contributed by atoms with van der Waals surface area (Å²) in [5.41, 5.74) is 6.29. The van der Waals surface area contributed by atoms with E-state index in [0.717, 1.165) is 18.4 Å². The van der Waals surface area contributed by atoms with Crippen LogP contribution in [0.4, 0.5) is 4.39 Å². The highest BCUT2D eigenvalue weighted by molar-refractivity contribution is 7.89. The number of hydrogen-bond donors (Lipinski definition) is 1. The molecular formula is C12H17FN2O2S. The van der Waals surface area contributed by atoms with Gasteiger partial charge in [0, 0.05) is 19.1 Å². The van der Waals surface area contributed by atoms with Crippen molar-refractivity contribution in [1.29, 1.82) is 0 Å². The number of rotatable bonds is 3. The van der Waals surface area contributed by atoms with Gasteiger partial charge in [-0.05, 0) is 37.5 Å². The molecule has 1 aliphatic heterocycles. The van der Waals surface area contributed by atoms with E-state index in [4.69, 9.17) is 5.73 Å². The number of aryl methyl sites for hydroxylation is 1. The minimum atomic E-state index is -3.77. The second kappa shape index (κ2) is 4.95. The molecule has 0 aromatic heterocycles. The quantitative estimate of drug-likeness (QED) is 0.900. The van der Waals surface area contributed by atoms with Gasteiger partial charge in [-0.15, -0.1) is 0 Å². The van der Waals surface area contributed by atoms with Gasteiger partial charge in [-0.25, -0.2) is 12.8 Å². The molecule has 2 rings (SSSR count). The minimum absolute atomic E-state index is 0.213. The molecule has 18 heavy (non-hydrogen) atoms. The molecule has 0 bridgehead atoms. The number of hydrogen-bond acceptors (Lipinski definition) is 3. The van der Waals surface area contributed by atoms with E-state index in [-0.39, 0.29) is 17.5 Å². The first kappa shape index (κ1) is 13.5. The van der Waals surface area contributed by atoms with E-state index in [1.165, 1.54) is 16.4 Å². The van der Waals surface area contributed by atoms with Gasteiger partial charge in [-0.3, -0.25) is 0 Å². The Morgan fingerprint density at radius 2 is 2.22 bits per heavy atom. The Morgan fingerprint density at radius 3 is 2.89 bits per heavy atom. The molecule has 1 aromatic carbocycles. The summed E-state index contributed by atoms with van der Waals surface area (Å²) < 4.78 is 39.9. The third-order valence-corrected chi connectivity index (χ3v) is 5.24. The molecule has 1 saturated heterocycles. The maximum Gasteiger partial charge on any atom is 0.246 e. The number of sulfonamides is 1. The maximum atomic E-state index is 13.7. The molecule has 1 heterocycles. The zero-order chi connectivity index (χ0) is 13.3. The lowest BCUT2D eigenvalue weighted by atomic mass is 10.2. The molecule has 0 spiro atoms. The summed E-state index contributed by atoms with van der Waals surface area (Å²) in [5.74, 6) is -0.705. The fourth-order valence-electron chi connectivity index (χ4n) is 2.30. The molecule has 6 heteroatoms. The average Bonchev–Trinajstić information content (AvgIpc) is 2.81. The van der Waals surface area contributed by atoms with Gasteiger partial charge in [0.25, 0.3) is 0 Å². The molecule has 2 N–H and O–H groups in total. The molecule has 1 unspecified atom stereocenters. The molecule has 4 nitrogen and oxygen atoms in total. The predicted octanol–water partition coefficient (Wildman–Crippen LogP) is 1.25. The molecular weight excluding hydrogens is 255 g/mol. The maximum absolute atomic E-state index is 13.7. The van der Waals surface area contributed by atoms with Crippen LogP contribution in [0, 0.1) is 12.7 Å². The largest absolute Gasteiger partial charge is 0.329 e. The molecule has 0 aliphatic carbocycles. The van der Waals surface area contributed by atoms with Gasteiger partial charge >= 0.3 is 0 Å². The molecule has 1 aliphatic rings. The van der Waals surface area contributed by atoms with Crippen LogP contribution in [-0.4, -0.2) is 31.9 Å². The Morgan fingerprint density at radius 1 is 1.50 bits per heavy atom. The molecule has 0 saturated carbocycles. The van der Waals surface area contributed by atoms with Gasteiger partial charge < -0.3 is 5.73 Å². The average molecular weight is 272 g/mol. The zero-order valence-corrected chi connectivity index (χ0v) is 11.1. The predicted molar refractivity (Wildman–Crippen MR) is 67.1 cm³/mol. The smallest absolute Gasteiger partial charge is 0.246 e. The van der Waals surface area contributed by atoms with Crippen molar-refractivity contribution in [2.24, 2.45) is 5.73 Å². The molecule has 100 valence electrons. The number of nitrogens with zero attached hydrogens (tertiary/aromatic N) is 1. The topological polar surface area (TPSA) is 63.4 Å². The van der Waals surface area contributed by atoms with Crippen LogP contribution in [0.3, 0.4) is 0 Å². The molecule has 1 fully saturated rings. The summed E-state index contributed by atoms with van der Waals surface area (Å²) in [6.07, 6.45) is 1.51. The highest BCUT2D eigenvalue weighted by Gasteiger charge is 2.35. The standard InChI is InChI=1S/C12H17FN2O2S/c1-9-4-5-11(13)12(7-9)18(16,17)15-6-2-3-10(15)8-14/h4-5,7,10H,2-3,6,8,14H2,1H3. The van der Waals surface area contributed by atoms with Crippen LogP contribution in [0.2, 0.25) is 0 Å². The van der Waals surface area contributed by atoms with Gasteiger partial charge in [0.15, 0.2) is 0 Å². The Hall–Kier alpha value is -0.980.